The summed E-state index contributed by atoms with van der Waals surface area (Å²) in [5, 5.41) is 0. The second kappa shape index (κ2) is 6.81. The molecule has 0 saturated heterocycles. The van der Waals surface area contributed by atoms with Crippen molar-refractivity contribution in [3.63, 3.8) is 0 Å². The second-order valence-electron chi connectivity index (χ2n) is 4.87. The lowest BCUT2D eigenvalue weighted by molar-refractivity contribution is 0.0967. The van der Waals surface area contributed by atoms with Crippen LogP contribution in [0.3, 0.4) is 0 Å². The number of imidazole rings is 1. The summed E-state index contributed by atoms with van der Waals surface area (Å²) < 4.78 is 2.98. The maximum Gasteiger partial charge on any atom is 0.164 e. The quantitative estimate of drug-likeness (QED) is 0.762. The Kier molecular flexibility index (Phi) is 5.09. The number of ketones is 1. The Balaban J connectivity index is 1.84. The number of nitrogens with zero attached hydrogens (tertiary/aromatic N) is 3. The highest BCUT2D eigenvalue weighted by Gasteiger charge is 2.09. The number of aromatic nitrogens is 2. The van der Waals surface area contributed by atoms with Crippen LogP contribution >= 0.6 is 15.9 Å². The lowest BCUT2D eigenvalue weighted by Gasteiger charge is -2.15. The lowest BCUT2D eigenvalue weighted by atomic mass is 10.1. The number of benzene rings is 1. The fourth-order valence-corrected chi connectivity index (χ4v) is 2.21. The van der Waals surface area contributed by atoms with Gasteiger partial charge >= 0.3 is 0 Å². The van der Waals surface area contributed by atoms with E-state index in [-0.39, 0.29) is 5.78 Å². The molecule has 5 heteroatoms. The summed E-state index contributed by atoms with van der Waals surface area (Å²) in [4.78, 5) is 18.5. The molecule has 1 heterocycles. The molecule has 0 bridgehead atoms. The van der Waals surface area contributed by atoms with E-state index in [9.17, 15) is 4.79 Å². The Morgan fingerprint density at radius 3 is 2.65 bits per heavy atom. The van der Waals surface area contributed by atoms with Gasteiger partial charge in [0.25, 0.3) is 0 Å². The molecule has 20 heavy (non-hydrogen) atoms. The standard InChI is InChI=1S/C15H18BrN3O/c1-18(11-15-17-8-10-19(15)2)9-7-14(20)12-3-5-13(16)6-4-12/h3-6,8,10H,7,9,11H2,1-2H3. The molecule has 2 rings (SSSR count). The Morgan fingerprint density at radius 2 is 2.05 bits per heavy atom. The van der Waals surface area contributed by atoms with Crippen LogP contribution in [-0.4, -0.2) is 33.8 Å². The zero-order valence-corrected chi connectivity index (χ0v) is 13.3. The Bertz CT molecular complexity index is 577. The highest BCUT2D eigenvalue weighted by Crippen LogP contribution is 2.12. The molecule has 0 saturated carbocycles. The second-order valence-corrected chi connectivity index (χ2v) is 5.79. The van der Waals surface area contributed by atoms with Gasteiger partial charge in [0.05, 0.1) is 6.54 Å². The molecule has 0 radical (unpaired) electrons. The normalized spacial score (nSPS) is 11.0. The fourth-order valence-electron chi connectivity index (χ4n) is 1.94. The third-order valence-electron chi connectivity index (χ3n) is 3.22. The largest absolute Gasteiger partial charge is 0.337 e. The molecular formula is C15H18BrN3O. The summed E-state index contributed by atoms with van der Waals surface area (Å²) in [5.74, 6) is 1.17. The van der Waals surface area contributed by atoms with Crippen molar-refractivity contribution in [3.05, 3.63) is 52.5 Å². The molecule has 1 aromatic heterocycles. The van der Waals surface area contributed by atoms with Crippen molar-refractivity contribution >= 4 is 21.7 Å². The SMILES string of the molecule is CN(CCC(=O)c1ccc(Br)cc1)Cc1nccn1C. The van der Waals surface area contributed by atoms with Gasteiger partial charge in [0.2, 0.25) is 0 Å². The van der Waals surface area contributed by atoms with Crippen LogP contribution in [0.15, 0.2) is 41.1 Å². The first-order valence-corrected chi connectivity index (χ1v) is 7.29. The van der Waals surface area contributed by atoms with Crippen LogP contribution in [0.4, 0.5) is 0 Å². The minimum Gasteiger partial charge on any atom is -0.337 e. The van der Waals surface area contributed by atoms with Gasteiger partial charge in [0.15, 0.2) is 5.78 Å². The number of hydrogen-bond donors (Lipinski definition) is 0. The summed E-state index contributed by atoms with van der Waals surface area (Å²) in [6.07, 6.45) is 4.23. The maximum absolute atomic E-state index is 12.1. The summed E-state index contributed by atoms with van der Waals surface area (Å²) in [6.45, 7) is 1.47. The van der Waals surface area contributed by atoms with Gasteiger partial charge in [-0.2, -0.15) is 0 Å². The Morgan fingerprint density at radius 1 is 1.35 bits per heavy atom. The van der Waals surface area contributed by atoms with Gasteiger partial charge in [-0.05, 0) is 19.2 Å². The van der Waals surface area contributed by atoms with Crippen LogP contribution in [0, 0.1) is 0 Å². The highest BCUT2D eigenvalue weighted by atomic mass is 79.9. The summed E-state index contributed by atoms with van der Waals surface area (Å²) in [5.41, 5.74) is 0.763. The van der Waals surface area contributed by atoms with Gasteiger partial charge in [-0.15, -0.1) is 0 Å². The first-order chi connectivity index (χ1) is 9.56. The van der Waals surface area contributed by atoms with E-state index in [2.05, 4.69) is 25.8 Å². The van der Waals surface area contributed by atoms with Crippen LogP contribution in [0.2, 0.25) is 0 Å². The van der Waals surface area contributed by atoms with E-state index in [0.717, 1.165) is 29.0 Å². The number of Topliss-reactive ketones (excluding diaryl/α,β-unsaturated/α-hetero) is 1. The number of carbonyl (C=O) groups is 1. The molecule has 0 spiro atoms. The summed E-state index contributed by atoms with van der Waals surface area (Å²) in [7, 11) is 3.98. The van der Waals surface area contributed by atoms with E-state index in [1.165, 1.54) is 0 Å². The number of rotatable bonds is 6. The summed E-state index contributed by atoms with van der Waals surface area (Å²) in [6, 6.07) is 7.49. The van der Waals surface area contributed by atoms with Crippen molar-refractivity contribution in [1.29, 1.82) is 0 Å². The average molecular weight is 336 g/mol. The molecule has 0 aliphatic rings. The van der Waals surface area contributed by atoms with E-state index in [1.807, 2.05) is 49.1 Å². The molecule has 0 atom stereocenters. The molecule has 0 aliphatic carbocycles. The molecule has 0 amide bonds. The van der Waals surface area contributed by atoms with Crippen LogP contribution in [0.25, 0.3) is 0 Å². The van der Waals surface area contributed by atoms with Crippen LogP contribution in [0.5, 0.6) is 0 Å². The molecule has 0 unspecified atom stereocenters. The fraction of sp³-hybridized carbons (Fsp3) is 0.333. The number of carbonyl (C=O) groups excluding carboxylic acids is 1. The zero-order valence-electron chi connectivity index (χ0n) is 11.7. The molecule has 0 N–H and O–H groups in total. The van der Waals surface area contributed by atoms with E-state index in [0.29, 0.717) is 6.42 Å². The van der Waals surface area contributed by atoms with Crippen LogP contribution < -0.4 is 0 Å². The van der Waals surface area contributed by atoms with Crippen molar-refractivity contribution in [2.45, 2.75) is 13.0 Å². The first kappa shape index (κ1) is 14.9. The smallest absolute Gasteiger partial charge is 0.164 e. The third kappa shape index (κ3) is 4.02. The first-order valence-electron chi connectivity index (χ1n) is 6.50. The molecule has 4 nitrogen and oxygen atoms in total. The molecule has 0 aliphatic heterocycles. The van der Waals surface area contributed by atoms with Crippen LogP contribution in [-0.2, 0) is 13.6 Å². The monoisotopic (exact) mass is 335 g/mol. The van der Waals surface area contributed by atoms with Gasteiger partial charge in [0.1, 0.15) is 5.82 Å². The molecule has 0 fully saturated rings. The third-order valence-corrected chi connectivity index (χ3v) is 3.75. The van der Waals surface area contributed by atoms with Crippen LogP contribution in [0.1, 0.15) is 22.6 Å². The Labute approximate surface area is 127 Å². The van der Waals surface area contributed by atoms with Crippen molar-refractivity contribution in [3.8, 4) is 0 Å². The van der Waals surface area contributed by atoms with Gasteiger partial charge in [-0.3, -0.25) is 9.69 Å². The van der Waals surface area contributed by atoms with E-state index < -0.39 is 0 Å². The molecule has 106 valence electrons. The van der Waals surface area contributed by atoms with E-state index in [4.69, 9.17) is 0 Å². The van der Waals surface area contributed by atoms with Gasteiger partial charge < -0.3 is 4.57 Å². The molecular weight excluding hydrogens is 318 g/mol. The Hall–Kier alpha value is -1.46. The zero-order chi connectivity index (χ0) is 14.5. The lowest BCUT2D eigenvalue weighted by Crippen LogP contribution is -2.23. The summed E-state index contributed by atoms with van der Waals surface area (Å²) >= 11 is 3.37. The van der Waals surface area contributed by atoms with Crippen molar-refractivity contribution in [1.82, 2.24) is 14.5 Å². The van der Waals surface area contributed by atoms with Crippen molar-refractivity contribution in [2.75, 3.05) is 13.6 Å². The number of hydrogen-bond acceptors (Lipinski definition) is 3. The number of halogens is 1. The molecule has 2 aromatic rings. The highest BCUT2D eigenvalue weighted by molar-refractivity contribution is 9.10. The molecule has 1 aromatic carbocycles. The van der Waals surface area contributed by atoms with E-state index >= 15 is 0 Å². The van der Waals surface area contributed by atoms with Gasteiger partial charge in [-0.1, -0.05) is 28.1 Å². The van der Waals surface area contributed by atoms with Crippen molar-refractivity contribution in [2.24, 2.45) is 7.05 Å². The average Bonchev–Trinajstić information content (AvgIpc) is 2.82. The predicted octanol–water partition coefficient (Wildman–Crippen LogP) is 2.89. The minimum atomic E-state index is 0.171. The van der Waals surface area contributed by atoms with Gasteiger partial charge in [0, 0.05) is 42.4 Å². The topological polar surface area (TPSA) is 38.1 Å². The van der Waals surface area contributed by atoms with Crippen molar-refractivity contribution < 1.29 is 4.79 Å². The van der Waals surface area contributed by atoms with Gasteiger partial charge in [-0.25, -0.2) is 4.98 Å². The predicted molar refractivity (Wildman–Crippen MR) is 82.6 cm³/mol. The van der Waals surface area contributed by atoms with E-state index in [1.54, 1.807) is 6.20 Å². The number of aryl methyl sites for hydroxylation is 1. The maximum atomic E-state index is 12.1. The minimum absolute atomic E-state index is 0.171.